The molecule has 0 radical (unpaired) electrons. The maximum Gasteiger partial charge on any atom is 0.294 e. The fourth-order valence-corrected chi connectivity index (χ4v) is 6.08. The SMILES string of the molecule is Cc1nc(-c2ccccc2)sc1C(=O)C1=C(O)C(=O)N(c2ccc3c(c2)OCO3)C1c1ccc(C(C)(C)C)cc1. The molecule has 3 aromatic carbocycles. The molecule has 4 aromatic rings. The van der Waals surface area contributed by atoms with Gasteiger partial charge in [0.25, 0.3) is 5.91 Å². The largest absolute Gasteiger partial charge is 0.503 e. The van der Waals surface area contributed by atoms with E-state index in [-0.39, 0.29) is 17.8 Å². The van der Waals surface area contributed by atoms with E-state index in [0.717, 1.165) is 11.1 Å². The van der Waals surface area contributed by atoms with E-state index in [9.17, 15) is 14.7 Å². The van der Waals surface area contributed by atoms with Crippen molar-refractivity contribution >= 4 is 28.7 Å². The van der Waals surface area contributed by atoms with E-state index in [1.807, 2.05) is 54.6 Å². The Bertz CT molecular complexity index is 1670. The first-order chi connectivity index (χ1) is 19.1. The van der Waals surface area contributed by atoms with E-state index in [1.54, 1.807) is 25.1 Å². The summed E-state index contributed by atoms with van der Waals surface area (Å²) in [6.45, 7) is 8.23. The summed E-state index contributed by atoms with van der Waals surface area (Å²) in [5.74, 6) is -0.573. The standard InChI is InChI=1S/C32H28N2O5S/c1-18-29(40-30(33-18)20-8-6-5-7-9-20)27(35)25-26(19-10-12-21(13-11-19)32(2,3)4)34(31(37)28(25)36)22-14-15-23-24(16-22)39-17-38-23/h5-16,26,36H,17H2,1-4H3. The minimum absolute atomic E-state index is 0.0255. The molecule has 0 saturated carbocycles. The lowest BCUT2D eigenvalue weighted by Crippen LogP contribution is -2.31. The number of hydrogen-bond donors (Lipinski definition) is 1. The summed E-state index contributed by atoms with van der Waals surface area (Å²) in [5.41, 5.74) is 3.69. The number of Topliss-reactive ketones (excluding diaryl/α,β-unsaturated/α-hetero) is 1. The van der Waals surface area contributed by atoms with Crippen LogP contribution in [0.2, 0.25) is 0 Å². The molecular formula is C32H28N2O5S. The quantitative estimate of drug-likeness (QED) is 0.270. The Kier molecular flexibility index (Phi) is 6.22. The van der Waals surface area contributed by atoms with Crippen LogP contribution in [-0.4, -0.2) is 28.6 Å². The number of thiazole rings is 1. The number of aromatic nitrogens is 1. The summed E-state index contributed by atoms with van der Waals surface area (Å²) in [7, 11) is 0. The second-order valence-electron chi connectivity index (χ2n) is 10.9. The molecule has 0 bridgehead atoms. The number of anilines is 1. The lowest BCUT2D eigenvalue weighted by Gasteiger charge is -2.28. The number of ketones is 1. The highest BCUT2D eigenvalue weighted by molar-refractivity contribution is 7.17. The number of aryl methyl sites for hydroxylation is 1. The van der Waals surface area contributed by atoms with Gasteiger partial charge in [-0.3, -0.25) is 14.5 Å². The van der Waals surface area contributed by atoms with Crippen molar-refractivity contribution in [3.05, 3.63) is 106 Å². The third-order valence-corrected chi connectivity index (χ3v) is 8.41. The first kappa shape index (κ1) is 25.8. The second kappa shape index (κ2) is 9.64. The Labute approximate surface area is 236 Å². The van der Waals surface area contributed by atoms with Crippen molar-refractivity contribution in [2.24, 2.45) is 0 Å². The molecule has 202 valence electrons. The molecule has 7 nitrogen and oxygen atoms in total. The van der Waals surface area contributed by atoms with Crippen molar-refractivity contribution in [1.82, 2.24) is 4.98 Å². The Morgan fingerprint density at radius 2 is 1.70 bits per heavy atom. The molecule has 2 aliphatic rings. The van der Waals surface area contributed by atoms with Crippen LogP contribution in [-0.2, 0) is 10.2 Å². The lowest BCUT2D eigenvalue weighted by atomic mass is 9.85. The Morgan fingerprint density at radius 1 is 1.00 bits per heavy atom. The highest BCUT2D eigenvalue weighted by Crippen LogP contribution is 2.46. The number of carbonyl (C=O) groups is 2. The van der Waals surface area contributed by atoms with Gasteiger partial charge in [0.05, 0.1) is 22.2 Å². The molecule has 2 aliphatic heterocycles. The molecule has 1 amide bonds. The molecule has 6 rings (SSSR count). The summed E-state index contributed by atoms with van der Waals surface area (Å²) >= 11 is 1.25. The minimum atomic E-state index is -0.851. The zero-order chi connectivity index (χ0) is 28.2. The molecule has 1 aromatic heterocycles. The number of amides is 1. The summed E-state index contributed by atoms with van der Waals surface area (Å²) in [6.07, 6.45) is 0. The highest BCUT2D eigenvalue weighted by atomic mass is 32.1. The van der Waals surface area contributed by atoms with Gasteiger partial charge in [-0.25, -0.2) is 4.98 Å². The fourth-order valence-electron chi connectivity index (χ4n) is 5.05. The third-order valence-electron chi connectivity index (χ3n) is 7.20. The van der Waals surface area contributed by atoms with Crippen molar-refractivity contribution < 1.29 is 24.2 Å². The highest BCUT2D eigenvalue weighted by Gasteiger charge is 2.45. The van der Waals surface area contributed by atoms with Crippen molar-refractivity contribution in [1.29, 1.82) is 0 Å². The number of fused-ring (bicyclic) bond motifs is 1. The molecule has 3 heterocycles. The molecule has 8 heteroatoms. The van der Waals surface area contributed by atoms with Gasteiger partial charge in [-0.05, 0) is 35.6 Å². The summed E-state index contributed by atoms with van der Waals surface area (Å²) < 4.78 is 11.0. The number of aliphatic hydroxyl groups is 1. The van der Waals surface area contributed by atoms with Crippen LogP contribution in [0.4, 0.5) is 5.69 Å². The van der Waals surface area contributed by atoms with Crippen LogP contribution in [0.25, 0.3) is 10.6 Å². The van der Waals surface area contributed by atoms with Crippen molar-refractivity contribution in [3.8, 4) is 22.1 Å². The van der Waals surface area contributed by atoms with Gasteiger partial charge >= 0.3 is 0 Å². The van der Waals surface area contributed by atoms with Crippen LogP contribution in [0.15, 0.2) is 84.1 Å². The number of ether oxygens (including phenoxy) is 2. The van der Waals surface area contributed by atoms with E-state index in [1.165, 1.54) is 16.2 Å². The normalized spacial score (nSPS) is 16.6. The number of benzene rings is 3. The molecule has 0 aliphatic carbocycles. The van der Waals surface area contributed by atoms with Gasteiger partial charge in [0.1, 0.15) is 5.01 Å². The molecular weight excluding hydrogens is 524 g/mol. The fraction of sp³-hybridized carbons (Fsp3) is 0.219. The van der Waals surface area contributed by atoms with Crippen molar-refractivity contribution in [2.45, 2.75) is 39.2 Å². The van der Waals surface area contributed by atoms with Crippen LogP contribution in [0.5, 0.6) is 11.5 Å². The summed E-state index contributed by atoms with van der Waals surface area (Å²) in [5, 5.41) is 11.9. The summed E-state index contributed by atoms with van der Waals surface area (Å²) in [6, 6.07) is 21.8. The van der Waals surface area contributed by atoms with Crippen molar-refractivity contribution in [3.63, 3.8) is 0 Å². The van der Waals surface area contributed by atoms with Crippen LogP contribution in [0, 0.1) is 6.92 Å². The molecule has 0 fully saturated rings. The molecule has 1 N–H and O–H groups in total. The van der Waals surface area contributed by atoms with Gasteiger partial charge in [0.15, 0.2) is 17.3 Å². The first-order valence-corrected chi connectivity index (χ1v) is 13.8. The van der Waals surface area contributed by atoms with Gasteiger partial charge in [0, 0.05) is 17.3 Å². The predicted octanol–water partition coefficient (Wildman–Crippen LogP) is 6.93. The Morgan fingerprint density at radius 3 is 2.40 bits per heavy atom. The lowest BCUT2D eigenvalue weighted by molar-refractivity contribution is -0.117. The van der Waals surface area contributed by atoms with Crippen LogP contribution >= 0.6 is 11.3 Å². The molecule has 1 unspecified atom stereocenters. The zero-order valence-corrected chi connectivity index (χ0v) is 23.4. The zero-order valence-electron chi connectivity index (χ0n) is 22.6. The minimum Gasteiger partial charge on any atom is -0.503 e. The third kappa shape index (κ3) is 4.34. The van der Waals surface area contributed by atoms with E-state index >= 15 is 0 Å². The molecule has 1 atom stereocenters. The molecule has 40 heavy (non-hydrogen) atoms. The van der Waals surface area contributed by atoms with E-state index < -0.39 is 23.5 Å². The van der Waals surface area contributed by atoms with Crippen LogP contribution in [0.3, 0.4) is 0 Å². The number of rotatable bonds is 5. The van der Waals surface area contributed by atoms with Crippen LogP contribution in [0.1, 0.15) is 53.3 Å². The summed E-state index contributed by atoms with van der Waals surface area (Å²) in [4.78, 5) is 34.3. The van der Waals surface area contributed by atoms with Gasteiger partial charge in [-0.2, -0.15) is 0 Å². The van der Waals surface area contributed by atoms with Gasteiger partial charge in [-0.15, -0.1) is 11.3 Å². The number of carbonyl (C=O) groups excluding carboxylic acids is 2. The average Bonchev–Trinajstić information content (AvgIpc) is 3.64. The topological polar surface area (TPSA) is 89.0 Å². The van der Waals surface area contributed by atoms with Gasteiger partial charge in [0.2, 0.25) is 12.6 Å². The molecule has 0 spiro atoms. The number of aliphatic hydroxyl groups excluding tert-OH is 1. The van der Waals surface area contributed by atoms with Gasteiger partial charge < -0.3 is 14.6 Å². The average molecular weight is 553 g/mol. The Balaban J connectivity index is 1.47. The van der Waals surface area contributed by atoms with Crippen molar-refractivity contribution in [2.75, 3.05) is 11.7 Å². The van der Waals surface area contributed by atoms with E-state index in [0.29, 0.717) is 38.3 Å². The predicted molar refractivity (Wildman–Crippen MR) is 154 cm³/mol. The Hall–Kier alpha value is -4.43. The van der Waals surface area contributed by atoms with Gasteiger partial charge in [-0.1, -0.05) is 75.4 Å². The maximum atomic E-state index is 14.2. The second-order valence-corrected chi connectivity index (χ2v) is 11.9. The number of hydrogen-bond acceptors (Lipinski definition) is 7. The smallest absolute Gasteiger partial charge is 0.294 e. The van der Waals surface area contributed by atoms with Crippen LogP contribution < -0.4 is 14.4 Å². The molecule has 0 saturated heterocycles. The maximum absolute atomic E-state index is 14.2. The number of nitrogens with zero attached hydrogens (tertiary/aromatic N) is 2. The first-order valence-electron chi connectivity index (χ1n) is 13.0. The van der Waals surface area contributed by atoms with E-state index in [4.69, 9.17) is 9.47 Å². The van der Waals surface area contributed by atoms with E-state index in [2.05, 4.69) is 25.8 Å². The monoisotopic (exact) mass is 552 g/mol.